The van der Waals surface area contributed by atoms with E-state index in [0.717, 1.165) is 25.0 Å². The second-order valence-electron chi connectivity index (χ2n) is 9.86. The predicted octanol–water partition coefficient (Wildman–Crippen LogP) is 4.18. The number of nitrogen functional groups attached to an aromatic ring is 1. The zero-order valence-corrected chi connectivity index (χ0v) is 21.0. The molecular formula is C30H32N7+. The van der Waals surface area contributed by atoms with Gasteiger partial charge in [-0.2, -0.15) is 0 Å². The summed E-state index contributed by atoms with van der Waals surface area (Å²) in [5, 5.41) is 0. The molecule has 0 spiro atoms. The smallest absolute Gasteiger partial charge is 0.173 e. The normalized spacial score (nSPS) is 13.5. The summed E-state index contributed by atoms with van der Waals surface area (Å²) in [7, 11) is 0. The van der Waals surface area contributed by atoms with Gasteiger partial charge in [0, 0.05) is 36.5 Å². The minimum atomic E-state index is 0.414. The van der Waals surface area contributed by atoms with Crippen LogP contribution in [0.15, 0.2) is 85.7 Å². The molecule has 4 heterocycles. The minimum absolute atomic E-state index is 0.414. The second kappa shape index (κ2) is 10.4. The summed E-state index contributed by atoms with van der Waals surface area (Å²) in [4.78, 5) is 15.2. The van der Waals surface area contributed by atoms with Crippen molar-refractivity contribution in [2.24, 2.45) is 0 Å². The van der Waals surface area contributed by atoms with Crippen molar-refractivity contribution in [2.75, 3.05) is 23.7 Å². The average molecular weight is 491 g/mol. The fourth-order valence-corrected chi connectivity index (χ4v) is 5.07. The number of benzene rings is 2. The molecule has 0 atom stereocenters. The molecule has 186 valence electrons. The van der Waals surface area contributed by atoms with E-state index in [-0.39, 0.29) is 0 Å². The number of hydrogen-bond acceptors (Lipinski definition) is 5. The Labute approximate surface area is 217 Å². The van der Waals surface area contributed by atoms with Crippen LogP contribution in [-0.4, -0.2) is 32.6 Å². The van der Waals surface area contributed by atoms with E-state index < -0.39 is 0 Å². The second-order valence-corrected chi connectivity index (χ2v) is 9.86. The van der Waals surface area contributed by atoms with Crippen LogP contribution >= 0.6 is 0 Å². The SMILES string of the molecule is Nc1ncnc2c1ncn2Cc1ccc(CCc2ccc(C[n+]3ccc(N4CCCC4)cc3)cc2)cc1. The van der Waals surface area contributed by atoms with Crippen LogP contribution in [0.5, 0.6) is 0 Å². The summed E-state index contributed by atoms with van der Waals surface area (Å²) < 4.78 is 4.26. The molecule has 0 aliphatic carbocycles. The predicted molar refractivity (Wildman–Crippen MR) is 146 cm³/mol. The van der Waals surface area contributed by atoms with Crippen LogP contribution in [0.1, 0.15) is 35.1 Å². The summed E-state index contributed by atoms with van der Waals surface area (Å²) in [6.07, 6.45) is 12.3. The lowest BCUT2D eigenvalue weighted by Gasteiger charge is -2.16. The third-order valence-electron chi connectivity index (χ3n) is 7.24. The molecule has 3 aromatic heterocycles. The first kappa shape index (κ1) is 23.2. The molecule has 5 aromatic rings. The average Bonchev–Trinajstić information content (AvgIpc) is 3.61. The Bertz CT molecular complexity index is 1470. The van der Waals surface area contributed by atoms with Gasteiger partial charge in [0.2, 0.25) is 0 Å². The quantitative estimate of drug-likeness (QED) is 0.330. The first-order valence-corrected chi connectivity index (χ1v) is 13.0. The number of pyridine rings is 1. The van der Waals surface area contributed by atoms with E-state index in [1.165, 1.54) is 60.2 Å². The van der Waals surface area contributed by atoms with E-state index in [1.807, 2.05) is 4.57 Å². The molecule has 7 heteroatoms. The van der Waals surface area contributed by atoms with Crippen LogP contribution in [0.4, 0.5) is 11.5 Å². The molecule has 7 nitrogen and oxygen atoms in total. The maximum atomic E-state index is 5.90. The maximum Gasteiger partial charge on any atom is 0.173 e. The van der Waals surface area contributed by atoms with E-state index in [2.05, 4.69) is 97.5 Å². The summed E-state index contributed by atoms with van der Waals surface area (Å²) in [6.45, 7) is 3.97. The van der Waals surface area contributed by atoms with Crippen LogP contribution in [-0.2, 0) is 25.9 Å². The van der Waals surface area contributed by atoms with Crippen LogP contribution in [0.3, 0.4) is 0 Å². The minimum Gasteiger partial charge on any atom is -0.382 e. The van der Waals surface area contributed by atoms with Crippen LogP contribution in [0.25, 0.3) is 11.2 Å². The van der Waals surface area contributed by atoms with Crippen molar-refractivity contribution in [1.29, 1.82) is 0 Å². The molecule has 2 N–H and O–H groups in total. The Kier molecular flexibility index (Phi) is 6.50. The number of anilines is 2. The number of hydrogen-bond donors (Lipinski definition) is 1. The number of nitrogens with two attached hydrogens (primary N) is 1. The van der Waals surface area contributed by atoms with Crippen LogP contribution in [0.2, 0.25) is 0 Å². The van der Waals surface area contributed by atoms with Gasteiger partial charge in [0.1, 0.15) is 11.8 Å². The van der Waals surface area contributed by atoms with Crippen molar-refractivity contribution >= 4 is 22.7 Å². The van der Waals surface area contributed by atoms with Gasteiger partial charge in [0.15, 0.2) is 30.4 Å². The highest BCUT2D eigenvalue weighted by Crippen LogP contribution is 2.19. The van der Waals surface area contributed by atoms with Gasteiger partial charge in [-0.05, 0) is 42.4 Å². The molecule has 37 heavy (non-hydrogen) atoms. The molecule has 0 amide bonds. The standard InChI is InChI=1S/C30H32N7/c31-29-28-30(33-21-32-29)37(22-34-28)20-26-11-7-24(8-12-26)4-3-23-5-9-25(10-6-23)19-35-17-13-27(14-18-35)36-15-1-2-16-36/h5-14,17-18,21-22H,1-4,15-16,19-20H2,(H2,31,32,33)/q+1. The molecule has 2 aromatic carbocycles. The topological polar surface area (TPSA) is 76.7 Å². The van der Waals surface area contributed by atoms with Crippen molar-refractivity contribution in [1.82, 2.24) is 19.5 Å². The molecule has 0 bridgehead atoms. The highest BCUT2D eigenvalue weighted by molar-refractivity contribution is 5.81. The number of aryl methyl sites for hydroxylation is 2. The van der Waals surface area contributed by atoms with E-state index in [0.29, 0.717) is 17.9 Å². The monoisotopic (exact) mass is 490 g/mol. The van der Waals surface area contributed by atoms with E-state index in [9.17, 15) is 0 Å². The highest BCUT2D eigenvalue weighted by Gasteiger charge is 2.13. The number of nitrogens with zero attached hydrogens (tertiary/aromatic N) is 6. The third-order valence-corrected chi connectivity index (χ3v) is 7.24. The Morgan fingerprint density at radius 3 is 2.03 bits per heavy atom. The molecule has 1 aliphatic heterocycles. The highest BCUT2D eigenvalue weighted by atomic mass is 15.1. The molecular weight excluding hydrogens is 458 g/mol. The van der Waals surface area contributed by atoms with Crippen molar-refractivity contribution < 1.29 is 4.57 Å². The number of aromatic nitrogens is 5. The first-order valence-electron chi connectivity index (χ1n) is 13.0. The largest absolute Gasteiger partial charge is 0.382 e. The molecule has 1 fully saturated rings. The lowest BCUT2D eigenvalue weighted by molar-refractivity contribution is -0.688. The molecule has 0 saturated carbocycles. The van der Waals surface area contributed by atoms with Gasteiger partial charge in [0.05, 0.1) is 12.9 Å². The zero-order valence-electron chi connectivity index (χ0n) is 21.0. The summed E-state index contributed by atoms with van der Waals surface area (Å²) in [5.74, 6) is 0.414. The van der Waals surface area contributed by atoms with Crippen molar-refractivity contribution in [2.45, 2.75) is 38.8 Å². The van der Waals surface area contributed by atoms with E-state index in [1.54, 1.807) is 6.33 Å². The van der Waals surface area contributed by atoms with Gasteiger partial charge >= 0.3 is 0 Å². The van der Waals surface area contributed by atoms with Crippen LogP contribution in [0, 0.1) is 0 Å². The van der Waals surface area contributed by atoms with E-state index in [4.69, 9.17) is 5.73 Å². The van der Waals surface area contributed by atoms with E-state index >= 15 is 0 Å². The Morgan fingerprint density at radius 1 is 0.730 bits per heavy atom. The fourth-order valence-electron chi connectivity index (χ4n) is 5.07. The summed E-state index contributed by atoms with van der Waals surface area (Å²) in [6, 6.07) is 22.3. The zero-order chi connectivity index (χ0) is 25.0. The van der Waals surface area contributed by atoms with Gasteiger partial charge in [-0.25, -0.2) is 19.5 Å². The number of fused-ring (bicyclic) bond motifs is 1. The lowest BCUT2D eigenvalue weighted by atomic mass is 10.0. The molecule has 0 radical (unpaired) electrons. The number of imidazole rings is 1. The van der Waals surface area contributed by atoms with Crippen molar-refractivity contribution in [3.05, 3.63) is 108 Å². The van der Waals surface area contributed by atoms with Gasteiger partial charge in [-0.1, -0.05) is 48.5 Å². The van der Waals surface area contributed by atoms with Crippen molar-refractivity contribution in [3.8, 4) is 0 Å². The summed E-state index contributed by atoms with van der Waals surface area (Å²) >= 11 is 0. The van der Waals surface area contributed by atoms with Gasteiger partial charge < -0.3 is 15.2 Å². The van der Waals surface area contributed by atoms with Crippen molar-refractivity contribution in [3.63, 3.8) is 0 Å². The molecule has 0 unspecified atom stereocenters. The Morgan fingerprint density at radius 2 is 1.35 bits per heavy atom. The first-order chi connectivity index (χ1) is 18.2. The van der Waals surface area contributed by atoms with Gasteiger partial charge in [-0.15, -0.1) is 0 Å². The number of rotatable bonds is 8. The lowest BCUT2D eigenvalue weighted by Crippen LogP contribution is -2.33. The maximum absolute atomic E-state index is 5.90. The van der Waals surface area contributed by atoms with Gasteiger partial charge in [-0.3, -0.25) is 0 Å². The fraction of sp³-hybridized carbons (Fsp3) is 0.267. The summed E-state index contributed by atoms with van der Waals surface area (Å²) in [5.41, 5.74) is 13.9. The Hall–Kier alpha value is -4.26. The third kappa shape index (κ3) is 5.31. The molecule has 6 rings (SSSR count). The van der Waals surface area contributed by atoms with Crippen LogP contribution < -0.4 is 15.2 Å². The van der Waals surface area contributed by atoms with Gasteiger partial charge in [0.25, 0.3) is 0 Å². The molecule has 1 saturated heterocycles. The molecule has 1 aliphatic rings. The Balaban J connectivity index is 1.02.